The van der Waals surface area contributed by atoms with Gasteiger partial charge in [-0.2, -0.15) is 0 Å². The van der Waals surface area contributed by atoms with E-state index in [0.29, 0.717) is 39.7 Å². The number of thioether (sulfide) groups is 1. The first-order valence-corrected chi connectivity index (χ1v) is 13.0. The van der Waals surface area contributed by atoms with Gasteiger partial charge in [-0.1, -0.05) is 66.2 Å². The number of carbonyl (C=O) groups excluding carboxylic acids is 1. The van der Waals surface area contributed by atoms with Crippen molar-refractivity contribution in [1.29, 1.82) is 0 Å². The molecule has 1 saturated heterocycles. The van der Waals surface area contributed by atoms with Gasteiger partial charge in [0.2, 0.25) is 0 Å². The van der Waals surface area contributed by atoms with Crippen LogP contribution in [0.4, 0.5) is 5.69 Å². The molecule has 1 atom stereocenters. The number of rotatable bonds is 9. The van der Waals surface area contributed by atoms with Crippen LogP contribution in [-0.2, 0) is 17.8 Å². The highest BCUT2D eigenvalue weighted by Crippen LogP contribution is 2.39. The minimum atomic E-state index is -0.259. The molecule has 0 spiro atoms. The summed E-state index contributed by atoms with van der Waals surface area (Å²) < 4.78 is 11.8. The first-order chi connectivity index (χ1) is 16.9. The summed E-state index contributed by atoms with van der Waals surface area (Å²) in [5, 5.41) is 7.37. The number of nitrogens with one attached hydrogen (secondary N) is 2. The van der Waals surface area contributed by atoms with Gasteiger partial charge in [-0.15, -0.1) is 0 Å². The summed E-state index contributed by atoms with van der Waals surface area (Å²) in [6.45, 7) is 4.79. The topological polar surface area (TPSA) is 59.6 Å². The maximum Gasteiger partial charge on any atom is 0.260 e. The number of hydrogen-bond acceptors (Lipinski definition) is 5. The zero-order valence-electron chi connectivity index (χ0n) is 19.4. The smallest absolute Gasteiger partial charge is 0.260 e. The van der Waals surface area contributed by atoms with Crippen molar-refractivity contribution >= 4 is 52.6 Å². The van der Waals surface area contributed by atoms with Crippen molar-refractivity contribution < 1.29 is 14.3 Å². The van der Waals surface area contributed by atoms with E-state index in [-0.39, 0.29) is 11.4 Å². The van der Waals surface area contributed by atoms with Crippen LogP contribution in [0.2, 0.25) is 10.0 Å². The summed E-state index contributed by atoms with van der Waals surface area (Å²) in [5.41, 5.74) is 3.67. The fourth-order valence-corrected chi connectivity index (χ4v) is 4.90. The van der Waals surface area contributed by atoms with E-state index in [9.17, 15) is 4.79 Å². The van der Waals surface area contributed by atoms with Crippen LogP contribution in [0.3, 0.4) is 0 Å². The first-order valence-electron chi connectivity index (χ1n) is 11.3. The number of benzene rings is 3. The fraction of sp³-hybridized carbons (Fsp3) is 0.222. The van der Waals surface area contributed by atoms with E-state index in [4.69, 9.17) is 32.7 Å². The molecule has 0 unspecified atom stereocenters. The monoisotopic (exact) mass is 528 g/mol. The third-order valence-corrected chi connectivity index (χ3v) is 6.88. The predicted molar refractivity (Wildman–Crippen MR) is 145 cm³/mol. The number of aryl methyl sites for hydroxylation is 1. The van der Waals surface area contributed by atoms with Crippen molar-refractivity contribution in [2.24, 2.45) is 0 Å². The van der Waals surface area contributed by atoms with Gasteiger partial charge >= 0.3 is 0 Å². The molecular formula is C27H26Cl2N2O3S. The molecule has 1 amide bonds. The van der Waals surface area contributed by atoms with E-state index in [1.807, 2.05) is 49.4 Å². The Morgan fingerprint density at radius 2 is 1.71 bits per heavy atom. The highest BCUT2D eigenvalue weighted by molar-refractivity contribution is 8.05. The lowest BCUT2D eigenvalue weighted by Gasteiger charge is -2.15. The second-order valence-electron chi connectivity index (χ2n) is 7.85. The van der Waals surface area contributed by atoms with E-state index < -0.39 is 0 Å². The zero-order valence-corrected chi connectivity index (χ0v) is 21.8. The minimum Gasteiger partial charge on any atom is -0.490 e. The van der Waals surface area contributed by atoms with Crippen LogP contribution in [0, 0.1) is 0 Å². The van der Waals surface area contributed by atoms with Gasteiger partial charge in [0, 0.05) is 10.7 Å². The Labute approximate surface area is 219 Å². The molecule has 4 rings (SSSR count). The van der Waals surface area contributed by atoms with Gasteiger partial charge in [-0.25, -0.2) is 0 Å². The quantitative estimate of drug-likeness (QED) is 0.289. The molecule has 1 aliphatic heterocycles. The van der Waals surface area contributed by atoms with Crippen molar-refractivity contribution in [3.05, 3.63) is 92.3 Å². The summed E-state index contributed by atoms with van der Waals surface area (Å²) in [5.74, 6) is 0.842. The van der Waals surface area contributed by atoms with Gasteiger partial charge in [0.25, 0.3) is 5.91 Å². The van der Waals surface area contributed by atoms with Crippen molar-refractivity contribution in [2.75, 3.05) is 11.9 Å². The highest BCUT2D eigenvalue weighted by Gasteiger charge is 2.27. The molecule has 0 aliphatic carbocycles. The SMILES string of the molecule is CCOc1cc(/C=C2\S[C@H](Nc3ccc(CC)cc3)NC2=O)cc(Cl)c1OCc1ccc(Cl)cc1. The van der Waals surface area contributed by atoms with Gasteiger partial charge < -0.3 is 20.1 Å². The summed E-state index contributed by atoms with van der Waals surface area (Å²) in [4.78, 5) is 13.2. The maximum atomic E-state index is 12.6. The van der Waals surface area contributed by atoms with Gasteiger partial charge in [-0.3, -0.25) is 4.79 Å². The Kier molecular flexibility index (Phi) is 8.50. The lowest BCUT2D eigenvalue weighted by molar-refractivity contribution is -0.116. The Balaban J connectivity index is 1.48. The Bertz CT molecular complexity index is 1210. The van der Waals surface area contributed by atoms with E-state index in [1.54, 1.807) is 12.1 Å². The molecule has 1 aliphatic rings. The van der Waals surface area contributed by atoms with E-state index in [0.717, 1.165) is 23.2 Å². The van der Waals surface area contributed by atoms with Crippen LogP contribution in [0.1, 0.15) is 30.5 Å². The molecule has 0 aromatic heterocycles. The summed E-state index contributed by atoms with van der Waals surface area (Å²) in [7, 11) is 0. The van der Waals surface area contributed by atoms with E-state index in [2.05, 4.69) is 29.7 Å². The molecule has 2 N–H and O–H groups in total. The molecule has 0 radical (unpaired) electrons. The molecule has 0 saturated carbocycles. The molecule has 3 aromatic carbocycles. The molecular weight excluding hydrogens is 503 g/mol. The molecule has 0 bridgehead atoms. The minimum absolute atomic E-state index is 0.144. The average molecular weight is 529 g/mol. The lowest BCUT2D eigenvalue weighted by Crippen LogP contribution is -2.30. The van der Waals surface area contributed by atoms with E-state index in [1.165, 1.54) is 17.3 Å². The second-order valence-corrected chi connectivity index (χ2v) is 9.84. The number of halogens is 2. The number of ether oxygens (including phenoxy) is 2. The Hall–Kier alpha value is -2.80. The van der Waals surface area contributed by atoms with E-state index >= 15 is 0 Å². The molecule has 3 aromatic rings. The number of hydrogen-bond donors (Lipinski definition) is 2. The zero-order chi connectivity index (χ0) is 24.8. The molecule has 1 fully saturated rings. The van der Waals surface area contributed by atoms with Gasteiger partial charge in [0.15, 0.2) is 17.0 Å². The second kappa shape index (κ2) is 11.8. The Morgan fingerprint density at radius 1 is 1.00 bits per heavy atom. The summed E-state index contributed by atoms with van der Waals surface area (Å²) in [6.07, 6.45) is 2.79. The van der Waals surface area contributed by atoms with Crippen LogP contribution >= 0.6 is 35.0 Å². The van der Waals surface area contributed by atoms with Crippen molar-refractivity contribution in [1.82, 2.24) is 5.32 Å². The van der Waals surface area contributed by atoms with Crippen LogP contribution in [0.15, 0.2) is 65.6 Å². The van der Waals surface area contributed by atoms with Crippen molar-refractivity contribution in [3.63, 3.8) is 0 Å². The lowest BCUT2D eigenvalue weighted by atomic mass is 10.1. The largest absolute Gasteiger partial charge is 0.490 e. The molecule has 35 heavy (non-hydrogen) atoms. The standard InChI is InChI=1S/C27H26Cl2N2O3S/c1-3-17-7-11-21(12-8-17)30-27-31-26(32)24(35-27)15-19-13-22(29)25(23(14-19)33-4-2)34-16-18-5-9-20(28)10-6-18/h5-15,27,30H,3-4,16H2,1-2H3,(H,31,32)/b24-15-/t27-/m1/s1. The third-order valence-electron chi connectivity index (χ3n) is 5.32. The molecule has 1 heterocycles. The van der Waals surface area contributed by atoms with Gasteiger partial charge in [-0.05, 0) is 72.5 Å². The van der Waals surface area contributed by atoms with Crippen LogP contribution in [-0.4, -0.2) is 18.0 Å². The molecule has 182 valence electrons. The molecule has 8 heteroatoms. The number of carbonyl (C=O) groups is 1. The predicted octanol–water partition coefficient (Wildman–Crippen LogP) is 7.13. The number of amides is 1. The average Bonchev–Trinajstić information content (AvgIpc) is 3.18. The van der Waals surface area contributed by atoms with Crippen LogP contribution in [0.25, 0.3) is 6.08 Å². The number of anilines is 1. The normalized spacial score (nSPS) is 16.3. The van der Waals surface area contributed by atoms with Crippen LogP contribution < -0.4 is 20.1 Å². The van der Waals surface area contributed by atoms with Crippen molar-refractivity contribution in [2.45, 2.75) is 32.4 Å². The highest BCUT2D eigenvalue weighted by atomic mass is 35.5. The van der Waals surface area contributed by atoms with Gasteiger partial charge in [0.05, 0.1) is 16.5 Å². The Morgan fingerprint density at radius 3 is 2.40 bits per heavy atom. The fourth-order valence-electron chi connectivity index (χ4n) is 3.52. The molecule has 5 nitrogen and oxygen atoms in total. The first kappa shape index (κ1) is 25.3. The van der Waals surface area contributed by atoms with Gasteiger partial charge in [0.1, 0.15) is 6.61 Å². The van der Waals surface area contributed by atoms with Crippen LogP contribution in [0.5, 0.6) is 11.5 Å². The summed E-state index contributed by atoms with van der Waals surface area (Å²) in [6, 6.07) is 19.2. The van der Waals surface area contributed by atoms with Crippen molar-refractivity contribution in [3.8, 4) is 11.5 Å². The summed E-state index contributed by atoms with van der Waals surface area (Å²) >= 11 is 13.9. The maximum absolute atomic E-state index is 12.6. The third kappa shape index (κ3) is 6.66.